The molecule has 0 saturated carbocycles. The van der Waals surface area contributed by atoms with Crippen molar-refractivity contribution in [3.63, 3.8) is 0 Å². The number of rotatable bonds is 9. The minimum absolute atomic E-state index is 0.131. The summed E-state index contributed by atoms with van der Waals surface area (Å²) >= 11 is 7.85. The Labute approximate surface area is 186 Å². The number of amides is 1. The smallest absolute Gasteiger partial charge is 0.251 e. The van der Waals surface area contributed by atoms with Crippen molar-refractivity contribution in [2.24, 2.45) is 5.92 Å². The number of carbonyl (C=O) groups is 1. The van der Waals surface area contributed by atoms with Gasteiger partial charge < -0.3 is 9.88 Å². The summed E-state index contributed by atoms with van der Waals surface area (Å²) in [7, 11) is 0. The predicted octanol–water partition coefficient (Wildman–Crippen LogP) is 5.54. The summed E-state index contributed by atoms with van der Waals surface area (Å²) in [5, 5.41) is 13.4. The Bertz CT molecular complexity index is 1000. The standard InChI is InChI=1S/C23H25ClN4OS/c1-4-14-28-21(20(16(2)3)25-22(29)17-10-6-5-7-11-17)26-27-23(28)30-15-18-12-8-9-13-19(18)24/h4-13,16,20H,1,14-15H2,2-3H3,(H,25,29). The molecule has 2 aromatic carbocycles. The lowest BCUT2D eigenvalue weighted by molar-refractivity contribution is 0.0922. The highest BCUT2D eigenvalue weighted by atomic mass is 35.5. The second-order valence-electron chi connectivity index (χ2n) is 7.18. The van der Waals surface area contributed by atoms with Crippen molar-refractivity contribution in [3.8, 4) is 0 Å². The molecule has 0 bridgehead atoms. The zero-order valence-electron chi connectivity index (χ0n) is 17.1. The maximum atomic E-state index is 12.7. The van der Waals surface area contributed by atoms with E-state index in [1.807, 2.05) is 53.1 Å². The monoisotopic (exact) mass is 440 g/mol. The van der Waals surface area contributed by atoms with Crippen LogP contribution in [-0.2, 0) is 12.3 Å². The zero-order valence-corrected chi connectivity index (χ0v) is 18.7. The normalized spacial score (nSPS) is 12.0. The number of thioether (sulfide) groups is 1. The van der Waals surface area contributed by atoms with Gasteiger partial charge in [0.15, 0.2) is 11.0 Å². The summed E-state index contributed by atoms with van der Waals surface area (Å²) in [6, 6.07) is 16.7. The highest BCUT2D eigenvalue weighted by Crippen LogP contribution is 2.29. The van der Waals surface area contributed by atoms with Gasteiger partial charge in [0.1, 0.15) is 0 Å². The number of nitrogens with one attached hydrogen (secondary N) is 1. The minimum atomic E-state index is -0.278. The average molecular weight is 441 g/mol. The largest absolute Gasteiger partial charge is 0.342 e. The summed E-state index contributed by atoms with van der Waals surface area (Å²) in [4.78, 5) is 12.7. The minimum Gasteiger partial charge on any atom is -0.342 e. The maximum Gasteiger partial charge on any atom is 0.251 e. The molecule has 1 heterocycles. The third kappa shape index (κ3) is 5.32. The van der Waals surface area contributed by atoms with E-state index < -0.39 is 0 Å². The number of halogens is 1. The van der Waals surface area contributed by atoms with Crippen LogP contribution in [0.1, 0.15) is 41.6 Å². The molecule has 3 rings (SSSR count). The summed E-state index contributed by atoms with van der Waals surface area (Å²) in [5.41, 5.74) is 1.66. The molecular weight excluding hydrogens is 416 g/mol. The van der Waals surface area contributed by atoms with Crippen LogP contribution in [0.25, 0.3) is 0 Å². The van der Waals surface area contributed by atoms with E-state index in [1.165, 1.54) is 0 Å². The summed E-state index contributed by atoms with van der Waals surface area (Å²) < 4.78 is 2.00. The molecular formula is C23H25ClN4OS. The topological polar surface area (TPSA) is 59.8 Å². The molecule has 1 unspecified atom stereocenters. The van der Waals surface area contributed by atoms with Crippen LogP contribution in [0.5, 0.6) is 0 Å². The van der Waals surface area contributed by atoms with Crippen LogP contribution in [0.4, 0.5) is 0 Å². The van der Waals surface area contributed by atoms with Crippen molar-refractivity contribution in [2.45, 2.75) is 37.3 Å². The van der Waals surface area contributed by atoms with Crippen LogP contribution in [0.15, 0.2) is 72.4 Å². The first kappa shape index (κ1) is 22.1. The number of hydrogen-bond donors (Lipinski definition) is 1. The Morgan fingerprint density at radius 1 is 1.17 bits per heavy atom. The number of hydrogen-bond acceptors (Lipinski definition) is 4. The van der Waals surface area contributed by atoms with E-state index in [4.69, 9.17) is 11.6 Å². The molecule has 0 spiro atoms. The number of benzene rings is 2. The first-order chi connectivity index (χ1) is 14.5. The molecule has 0 fully saturated rings. The number of nitrogens with zero attached hydrogens (tertiary/aromatic N) is 3. The summed E-state index contributed by atoms with van der Waals surface area (Å²) in [6.07, 6.45) is 1.81. The van der Waals surface area contributed by atoms with Gasteiger partial charge in [-0.2, -0.15) is 0 Å². The molecule has 156 valence electrons. The maximum absolute atomic E-state index is 12.7. The van der Waals surface area contributed by atoms with Gasteiger partial charge in [-0.25, -0.2) is 0 Å². The van der Waals surface area contributed by atoms with Crippen LogP contribution in [0.3, 0.4) is 0 Å². The fourth-order valence-electron chi connectivity index (χ4n) is 3.04. The van der Waals surface area contributed by atoms with E-state index >= 15 is 0 Å². The van der Waals surface area contributed by atoms with Gasteiger partial charge in [0.05, 0.1) is 6.04 Å². The highest BCUT2D eigenvalue weighted by molar-refractivity contribution is 7.98. The van der Waals surface area contributed by atoms with Gasteiger partial charge in [0, 0.05) is 22.9 Å². The molecule has 1 N–H and O–H groups in total. The van der Waals surface area contributed by atoms with Crippen LogP contribution in [0.2, 0.25) is 5.02 Å². The average Bonchev–Trinajstić information content (AvgIpc) is 3.14. The molecule has 7 heteroatoms. The van der Waals surface area contributed by atoms with Crippen LogP contribution < -0.4 is 5.32 Å². The van der Waals surface area contributed by atoms with E-state index in [0.717, 1.165) is 21.6 Å². The van der Waals surface area contributed by atoms with Gasteiger partial charge in [-0.1, -0.05) is 79.7 Å². The van der Waals surface area contributed by atoms with Crippen molar-refractivity contribution in [1.82, 2.24) is 20.1 Å². The van der Waals surface area contributed by atoms with Crippen molar-refractivity contribution in [3.05, 3.63) is 89.2 Å². The van der Waals surface area contributed by atoms with E-state index in [0.29, 0.717) is 17.9 Å². The quantitative estimate of drug-likeness (QED) is 0.350. The number of aromatic nitrogens is 3. The highest BCUT2D eigenvalue weighted by Gasteiger charge is 2.26. The lowest BCUT2D eigenvalue weighted by Gasteiger charge is -2.22. The Balaban J connectivity index is 1.84. The van der Waals surface area contributed by atoms with E-state index in [2.05, 4.69) is 35.9 Å². The van der Waals surface area contributed by atoms with Gasteiger partial charge in [0.2, 0.25) is 0 Å². The fraction of sp³-hybridized carbons (Fsp3) is 0.261. The van der Waals surface area contributed by atoms with Gasteiger partial charge in [-0.15, -0.1) is 16.8 Å². The van der Waals surface area contributed by atoms with Crippen LogP contribution in [0, 0.1) is 5.92 Å². The third-order valence-corrected chi connectivity index (χ3v) is 6.02. The summed E-state index contributed by atoms with van der Waals surface area (Å²) in [6.45, 7) is 8.53. The Kier molecular flexibility index (Phi) is 7.71. The van der Waals surface area contributed by atoms with Gasteiger partial charge in [-0.3, -0.25) is 4.79 Å². The zero-order chi connectivity index (χ0) is 21.5. The molecule has 30 heavy (non-hydrogen) atoms. The molecule has 0 radical (unpaired) electrons. The van der Waals surface area contributed by atoms with Crippen molar-refractivity contribution >= 4 is 29.3 Å². The lowest BCUT2D eigenvalue weighted by atomic mass is 10.0. The van der Waals surface area contributed by atoms with E-state index in [-0.39, 0.29) is 17.9 Å². The Morgan fingerprint density at radius 2 is 1.87 bits per heavy atom. The van der Waals surface area contributed by atoms with Crippen molar-refractivity contribution in [2.75, 3.05) is 0 Å². The first-order valence-electron chi connectivity index (χ1n) is 9.77. The fourth-order valence-corrected chi connectivity index (χ4v) is 4.28. The Hall–Kier alpha value is -2.57. The van der Waals surface area contributed by atoms with Crippen LogP contribution in [-0.4, -0.2) is 20.7 Å². The van der Waals surface area contributed by atoms with E-state index in [9.17, 15) is 4.79 Å². The Morgan fingerprint density at radius 3 is 2.53 bits per heavy atom. The third-order valence-electron chi connectivity index (χ3n) is 4.64. The molecule has 3 aromatic rings. The SMILES string of the molecule is C=CCn1c(SCc2ccccc2Cl)nnc1C(NC(=O)c1ccccc1)C(C)C. The molecule has 0 aliphatic rings. The van der Waals surface area contributed by atoms with Crippen LogP contribution >= 0.6 is 23.4 Å². The van der Waals surface area contributed by atoms with Gasteiger partial charge in [0.25, 0.3) is 5.91 Å². The number of carbonyl (C=O) groups excluding carboxylic acids is 1. The molecule has 1 atom stereocenters. The molecule has 1 amide bonds. The number of allylic oxidation sites excluding steroid dienone is 1. The van der Waals surface area contributed by atoms with Crippen molar-refractivity contribution in [1.29, 1.82) is 0 Å². The molecule has 1 aromatic heterocycles. The lowest BCUT2D eigenvalue weighted by Crippen LogP contribution is -2.33. The molecule has 0 saturated heterocycles. The first-order valence-corrected chi connectivity index (χ1v) is 11.1. The van der Waals surface area contributed by atoms with E-state index in [1.54, 1.807) is 23.9 Å². The van der Waals surface area contributed by atoms with Gasteiger partial charge >= 0.3 is 0 Å². The summed E-state index contributed by atoms with van der Waals surface area (Å²) in [5.74, 6) is 1.40. The van der Waals surface area contributed by atoms with Gasteiger partial charge in [-0.05, 0) is 29.7 Å². The second kappa shape index (κ2) is 10.5. The predicted molar refractivity (Wildman–Crippen MR) is 123 cm³/mol. The van der Waals surface area contributed by atoms with Crippen molar-refractivity contribution < 1.29 is 4.79 Å². The second-order valence-corrected chi connectivity index (χ2v) is 8.53. The molecule has 0 aliphatic carbocycles. The molecule has 0 aliphatic heterocycles. The molecule has 5 nitrogen and oxygen atoms in total.